The van der Waals surface area contributed by atoms with Crippen LogP contribution >= 0.6 is 0 Å². The van der Waals surface area contributed by atoms with Crippen LogP contribution in [0, 0.1) is 0 Å². The van der Waals surface area contributed by atoms with Crippen molar-refractivity contribution in [3.63, 3.8) is 0 Å². The zero-order valence-corrected chi connectivity index (χ0v) is 14.8. The highest BCUT2D eigenvalue weighted by molar-refractivity contribution is 5.63. The number of rotatable bonds is 3. The van der Waals surface area contributed by atoms with E-state index in [0.29, 0.717) is 25.5 Å². The summed E-state index contributed by atoms with van der Waals surface area (Å²) < 4.78 is 0. The van der Waals surface area contributed by atoms with Crippen molar-refractivity contribution in [3.05, 3.63) is 64.5 Å². The fourth-order valence-corrected chi connectivity index (χ4v) is 3.13. The molecule has 7 heteroatoms. The van der Waals surface area contributed by atoms with Gasteiger partial charge < -0.3 is 14.8 Å². The molecule has 1 aromatic carbocycles. The van der Waals surface area contributed by atoms with Gasteiger partial charge in [-0.25, -0.2) is 15.0 Å². The second-order valence-corrected chi connectivity index (χ2v) is 6.51. The van der Waals surface area contributed by atoms with E-state index in [1.54, 1.807) is 6.20 Å². The van der Waals surface area contributed by atoms with Crippen LogP contribution in [-0.2, 0) is 13.0 Å². The van der Waals surface area contributed by atoms with E-state index >= 15 is 0 Å². The van der Waals surface area contributed by atoms with Gasteiger partial charge in [0.1, 0.15) is 0 Å². The number of benzene rings is 1. The number of nitrogens with zero attached hydrogens (tertiary/aromatic N) is 5. The molecular weight excluding hydrogens is 328 g/mol. The van der Waals surface area contributed by atoms with E-state index in [4.69, 9.17) is 4.98 Å². The normalized spacial score (nSPS) is 13.4. The molecule has 3 aromatic rings. The van der Waals surface area contributed by atoms with Crippen LogP contribution in [0.25, 0.3) is 11.3 Å². The van der Waals surface area contributed by atoms with Crippen molar-refractivity contribution >= 4 is 11.6 Å². The van der Waals surface area contributed by atoms with Gasteiger partial charge in [0, 0.05) is 43.7 Å². The van der Waals surface area contributed by atoms with Crippen LogP contribution in [-0.4, -0.2) is 40.6 Å². The molecule has 0 fully saturated rings. The number of H-pyrrole nitrogens is 1. The fourth-order valence-electron chi connectivity index (χ4n) is 3.13. The lowest BCUT2D eigenvalue weighted by molar-refractivity contribution is 0.678. The van der Waals surface area contributed by atoms with E-state index in [0.717, 1.165) is 28.2 Å². The molecule has 0 bridgehead atoms. The summed E-state index contributed by atoms with van der Waals surface area (Å²) >= 11 is 0. The Balaban J connectivity index is 1.61. The van der Waals surface area contributed by atoms with E-state index in [1.165, 1.54) is 6.33 Å². The van der Waals surface area contributed by atoms with E-state index in [-0.39, 0.29) is 5.56 Å². The smallest absolute Gasteiger partial charge is 0.254 e. The van der Waals surface area contributed by atoms with Crippen LogP contribution in [0.15, 0.2) is 47.7 Å². The second-order valence-electron chi connectivity index (χ2n) is 6.51. The number of anilines is 2. The third-order valence-corrected chi connectivity index (χ3v) is 4.62. The molecule has 3 heterocycles. The molecule has 26 heavy (non-hydrogen) atoms. The average molecular weight is 348 g/mol. The molecule has 1 aliphatic rings. The molecule has 0 saturated heterocycles. The van der Waals surface area contributed by atoms with Gasteiger partial charge in [0.2, 0.25) is 5.95 Å². The van der Waals surface area contributed by atoms with Crippen molar-refractivity contribution in [3.8, 4) is 11.3 Å². The third kappa shape index (κ3) is 3.03. The quantitative estimate of drug-likeness (QED) is 0.778. The Morgan fingerprint density at radius 2 is 1.92 bits per heavy atom. The maximum absolute atomic E-state index is 11.9. The van der Waals surface area contributed by atoms with Crippen molar-refractivity contribution in [2.75, 3.05) is 30.4 Å². The van der Waals surface area contributed by atoms with Crippen molar-refractivity contribution in [1.82, 2.24) is 19.9 Å². The maximum atomic E-state index is 11.9. The number of aromatic amines is 1. The van der Waals surface area contributed by atoms with Gasteiger partial charge >= 0.3 is 0 Å². The zero-order chi connectivity index (χ0) is 18.1. The fraction of sp³-hybridized carbons (Fsp3) is 0.263. The van der Waals surface area contributed by atoms with Crippen LogP contribution in [0.2, 0.25) is 0 Å². The van der Waals surface area contributed by atoms with Gasteiger partial charge in [0.05, 0.1) is 24.3 Å². The first-order chi connectivity index (χ1) is 12.6. The molecule has 7 nitrogen and oxygen atoms in total. The van der Waals surface area contributed by atoms with Gasteiger partial charge in [-0.3, -0.25) is 4.79 Å². The minimum Gasteiger partial charge on any atom is -0.378 e. The Labute approximate surface area is 151 Å². The van der Waals surface area contributed by atoms with Crippen LogP contribution in [0.1, 0.15) is 11.3 Å². The molecule has 4 rings (SSSR count). The summed E-state index contributed by atoms with van der Waals surface area (Å²) in [6, 6.07) is 10.2. The highest BCUT2D eigenvalue weighted by Gasteiger charge is 2.21. The van der Waals surface area contributed by atoms with Crippen LogP contribution in [0.4, 0.5) is 11.6 Å². The summed E-state index contributed by atoms with van der Waals surface area (Å²) in [6.07, 6.45) is 3.87. The minimum atomic E-state index is -0.0506. The summed E-state index contributed by atoms with van der Waals surface area (Å²) in [5.41, 5.74) is 4.58. The van der Waals surface area contributed by atoms with E-state index in [2.05, 4.69) is 49.0 Å². The number of nitrogens with one attached hydrogen (secondary N) is 1. The molecule has 0 aliphatic carbocycles. The van der Waals surface area contributed by atoms with Gasteiger partial charge in [-0.2, -0.15) is 0 Å². The minimum absolute atomic E-state index is 0.0506. The second kappa shape index (κ2) is 6.59. The summed E-state index contributed by atoms with van der Waals surface area (Å²) in [7, 11) is 4.04. The van der Waals surface area contributed by atoms with Crippen molar-refractivity contribution < 1.29 is 0 Å². The summed E-state index contributed by atoms with van der Waals surface area (Å²) in [5, 5.41) is 0. The molecule has 0 spiro atoms. The Kier molecular flexibility index (Phi) is 4.12. The van der Waals surface area contributed by atoms with Crippen molar-refractivity contribution in [2.24, 2.45) is 0 Å². The number of hydrogen-bond donors (Lipinski definition) is 1. The lowest BCUT2D eigenvalue weighted by Gasteiger charge is -2.27. The Bertz CT molecular complexity index is 980. The van der Waals surface area contributed by atoms with Crippen LogP contribution in [0.3, 0.4) is 0 Å². The molecule has 1 N–H and O–H groups in total. The van der Waals surface area contributed by atoms with Crippen molar-refractivity contribution in [2.45, 2.75) is 13.0 Å². The topological polar surface area (TPSA) is 78.0 Å². The van der Waals surface area contributed by atoms with E-state index in [1.807, 2.05) is 20.2 Å². The van der Waals surface area contributed by atoms with E-state index < -0.39 is 0 Å². The number of aromatic nitrogens is 4. The molecule has 0 saturated carbocycles. The molecule has 0 radical (unpaired) electrons. The lowest BCUT2D eigenvalue weighted by atomic mass is 10.1. The van der Waals surface area contributed by atoms with Crippen LogP contribution in [0.5, 0.6) is 0 Å². The highest BCUT2D eigenvalue weighted by atomic mass is 16.1. The molecule has 0 atom stereocenters. The summed E-state index contributed by atoms with van der Waals surface area (Å²) in [4.78, 5) is 32.1. The van der Waals surface area contributed by atoms with Gasteiger partial charge in [0.15, 0.2) is 0 Å². The first kappa shape index (κ1) is 16.3. The Hall–Kier alpha value is -3.22. The summed E-state index contributed by atoms with van der Waals surface area (Å²) in [5.74, 6) is 0.659. The van der Waals surface area contributed by atoms with E-state index in [9.17, 15) is 4.79 Å². The SMILES string of the molecule is CN(C)c1ccc(-c2ccnc(N3CCc4c(nc[nH]c4=O)C3)n2)cc1. The summed E-state index contributed by atoms with van der Waals surface area (Å²) in [6.45, 7) is 1.24. The molecule has 1 aliphatic heterocycles. The first-order valence-electron chi connectivity index (χ1n) is 8.53. The molecule has 0 amide bonds. The lowest BCUT2D eigenvalue weighted by Crippen LogP contribution is -2.35. The molecule has 0 unspecified atom stereocenters. The molecular formula is C19H20N6O. The van der Waals surface area contributed by atoms with Gasteiger partial charge in [-0.15, -0.1) is 0 Å². The monoisotopic (exact) mass is 348 g/mol. The molecule has 132 valence electrons. The molecule has 2 aromatic heterocycles. The van der Waals surface area contributed by atoms with Crippen LogP contribution < -0.4 is 15.4 Å². The van der Waals surface area contributed by atoms with Crippen molar-refractivity contribution in [1.29, 1.82) is 0 Å². The highest BCUT2D eigenvalue weighted by Crippen LogP contribution is 2.24. The Morgan fingerprint density at radius 1 is 1.12 bits per heavy atom. The standard InChI is InChI=1S/C19H20N6O/c1-24(2)14-5-3-13(4-6-14)16-7-9-20-19(23-16)25-10-8-15-17(11-25)21-12-22-18(15)26/h3-7,9,12H,8,10-11H2,1-2H3,(H,21,22,26). The number of hydrogen-bond acceptors (Lipinski definition) is 6. The predicted octanol–water partition coefficient (Wildman–Crippen LogP) is 1.86. The third-order valence-electron chi connectivity index (χ3n) is 4.62. The Morgan fingerprint density at radius 3 is 2.69 bits per heavy atom. The first-order valence-corrected chi connectivity index (χ1v) is 8.53. The van der Waals surface area contributed by atoms with Gasteiger partial charge in [-0.05, 0) is 24.6 Å². The maximum Gasteiger partial charge on any atom is 0.254 e. The van der Waals surface area contributed by atoms with Gasteiger partial charge in [-0.1, -0.05) is 12.1 Å². The predicted molar refractivity (Wildman–Crippen MR) is 101 cm³/mol. The zero-order valence-electron chi connectivity index (χ0n) is 14.8. The average Bonchev–Trinajstić information content (AvgIpc) is 2.68. The number of fused-ring (bicyclic) bond motifs is 1. The van der Waals surface area contributed by atoms with Gasteiger partial charge in [0.25, 0.3) is 5.56 Å². The largest absolute Gasteiger partial charge is 0.378 e.